The molecule has 5 nitrogen and oxygen atoms in total. The Morgan fingerprint density at radius 1 is 1.29 bits per heavy atom. The molecule has 1 amide bonds. The SMILES string of the molecule is NC1(CC(=O)NCCOCCO)CCCCC1. The molecule has 1 fully saturated rings. The normalized spacial score (nSPS) is 18.9. The molecule has 0 heterocycles. The molecular weight excluding hydrogens is 220 g/mol. The minimum Gasteiger partial charge on any atom is -0.394 e. The van der Waals surface area contributed by atoms with Gasteiger partial charge in [0, 0.05) is 18.5 Å². The van der Waals surface area contributed by atoms with Crippen LogP contribution in [0.15, 0.2) is 0 Å². The number of carbonyl (C=O) groups excluding carboxylic acids is 1. The van der Waals surface area contributed by atoms with Crippen LogP contribution in [0.4, 0.5) is 0 Å². The zero-order chi connectivity index (χ0) is 12.6. The van der Waals surface area contributed by atoms with Gasteiger partial charge in [-0.2, -0.15) is 0 Å². The highest BCUT2D eigenvalue weighted by Gasteiger charge is 2.29. The fraction of sp³-hybridized carbons (Fsp3) is 0.917. The third kappa shape index (κ3) is 6.00. The molecule has 1 aliphatic rings. The number of aliphatic hydroxyl groups excluding tert-OH is 1. The van der Waals surface area contributed by atoms with Crippen molar-refractivity contribution in [3.63, 3.8) is 0 Å². The Kier molecular flexibility index (Phi) is 6.47. The number of ether oxygens (including phenoxy) is 1. The molecule has 0 aromatic rings. The van der Waals surface area contributed by atoms with Crippen molar-refractivity contribution >= 4 is 5.91 Å². The average molecular weight is 244 g/mol. The van der Waals surface area contributed by atoms with Crippen LogP contribution in [-0.4, -0.2) is 42.9 Å². The summed E-state index contributed by atoms with van der Waals surface area (Å²) in [4.78, 5) is 11.7. The van der Waals surface area contributed by atoms with E-state index >= 15 is 0 Å². The van der Waals surface area contributed by atoms with E-state index in [9.17, 15) is 4.79 Å². The maximum atomic E-state index is 11.7. The van der Waals surface area contributed by atoms with Gasteiger partial charge in [0.2, 0.25) is 5.91 Å². The van der Waals surface area contributed by atoms with Crippen LogP contribution >= 0.6 is 0 Å². The largest absolute Gasteiger partial charge is 0.394 e. The van der Waals surface area contributed by atoms with Gasteiger partial charge in [0.25, 0.3) is 0 Å². The molecule has 100 valence electrons. The van der Waals surface area contributed by atoms with Crippen LogP contribution < -0.4 is 11.1 Å². The molecule has 0 spiro atoms. The van der Waals surface area contributed by atoms with Gasteiger partial charge in [-0.05, 0) is 12.8 Å². The number of hydrogen-bond acceptors (Lipinski definition) is 4. The van der Waals surface area contributed by atoms with E-state index in [-0.39, 0.29) is 18.1 Å². The number of hydrogen-bond donors (Lipinski definition) is 3. The number of aliphatic hydroxyl groups is 1. The van der Waals surface area contributed by atoms with E-state index < -0.39 is 0 Å². The summed E-state index contributed by atoms with van der Waals surface area (Å²) in [6, 6.07) is 0. The zero-order valence-corrected chi connectivity index (χ0v) is 10.4. The average Bonchev–Trinajstić information content (AvgIpc) is 2.29. The Bertz CT molecular complexity index is 228. The summed E-state index contributed by atoms with van der Waals surface area (Å²) in [6.07, 6.45) is 5.79. The third-order valence-electron chi connectivity index (χ3n) is 3.17. The Morgan fingerprint density at radius 3 is 2.65 bits per heavy atom. The smallest absolute Gasteiger partial charge is 0.221 e. The molecule has 0 radical (unpaired) electrons. The molecule has 0 aliphatic heterocycles. The zero-order valence-electron chi connectivity index (χ0n) is 10.4. The van der Waals surface area contributed by atoms with Crippen molar-refractivity contribution < 1.29 is 14.6 Å². The second-order valence-electron chi connectivity index (χ2n) is 4.79. The van der Waals surface area contributed by atoms with Crippen LogP contribution in [0.25, 0.3) is 0 Å². The lowest BCUT2D eigenvalue weighted by Gasteiger charge is -2.32. The van der Waals surface area contributed by atoms with Gasteiger partial charge in [0.15, 0.2) is 0 Å². The first-order valence-corrected chi connectivity index (χ1v) is 6.40. The van der Waals surface area contributed by atoms with E-state index in [2.05, 4.69) is 5.32 Å². The highest BCUT2D eigenvalue weighted by molar-refractivity contribution is 5.77. The van der Waals surface area contributed by atoms with Crippen LogP contribution in [-0.2, 0) is 9.53 Å². The number of amides is 1. The molecule has 0 atom stereocenters. The monoisotopic (exact) mass is 244 g/mol. The molecule has 1 saturated carbocycles. The first-order valence-electron chi connectivity index (χ1n) is 6.40. The predicted octanol–water partition coefficient (Wildman–Crippen LogP) is 0.163. The summed E-state index contributed by atoms with van der Waals surface area (Å²) in [5, 5.41) is 11.3. The van der Waals surface area contributed by atoms with Gasteiger partial charge >= 0.3 is 0 Å². The summed E-state index contributed by atoms with van der Waals surface area (Å²) < 4.78 is 5.05. The molecule has 1 rings (SSSR count). The molecule has 0 saturated heterocycles. The van der Waals surface area contributed by atoms with Crippen molar-refractivity contribution in [3.05, 3.63) is 0 Å². The quantitative estimate of drug-likeness (QED) is 0.557. The van der Waals surface area contributed by atoms with Crippen LogP contribution in [0, 0.1) is 0 Å². The molecule has 0 bridgehead atoms. The fourth-order valence-electron chi connectivity index (χ4n) is 2.24. The van der Waals surface area contributed by atoms with Gasteiger partial charge in [0.1, 0.15) is 0 Å². The minimum absolute atomic E-state index is 0.00185. The van der Waals surface area contributed by atoms with E-state index in [0.29, 0.717) is 26.2 Å². The van der Waals surface area contributed by atoms with E-state index in [4.69, 9.17) is 15.6 Å². The first-order chi connectivity index (χ1) is 8.16. The Morgan fingerprint density at radius 2 is 2.00 bits per heavy atom. The Balaban J connectivity index is 2.11. The van der Waals surface area contributed by atoms with Crippen LogP contribution in [0.3, 0.4) is 0 Å². The number of rotatable bonds is 7. The summed E-state index contributed by atoms with van der Waals surface area (Å²) >= 11 is 0. The molecule has 5 heteroatoms. The van der Waals surface area contributed by atoms with Crippen molar-refractivity contribution in [3.8, 4) is 0 Å². The van der Waals surface area contributed by atoms with Crippen LogP contribution in [0.1, 0.15) is 38.5 Å². The van der Waals surface area contributed by atoms with Crippen LogP contribution in [0.5, 0.6) is 0 Å². The predicted molar refractivity (Wildman–Crippen MR) is 65.5 cm³/mol. The van der Waals surface area contributed by atoms with E-state index in [1.54, 1.807) is 0 Å². The lowest BCUT2D eigenvalue weighted by atomic mass is 9.80. The second-order valence-corrected chi connectivity index (χ2v) is 4.79. The van der Waals surface area contributed by atoms with Gasteiger partial charge in [-0.1, -0.05) is 19.3 Å². The minimum atomic E-state index is -0.297. The molecule has 0 aromatic heterocycles. The molecular formula is C12H24N2O3. The van der Waals surface area contributed by atoms with Crippen molar-refractivity contribution in [2.75, 3.05) is 26.4 Å². The molecule has 0 unspecified atom stereocenters. The van der Waals surface area contributed by atoms with Gasteiger partial charge < -0.3 is 20.9 Å². The maximum Gasteiger partial charge on any atom is 0.221 e. The molecule has 1 aliphatic carbocycles. The Hall–Kier alpha value is -0.650. The molecule has 17 heavy (non-hydrogen) atoms. The number of carbonyl (C=O) groups is 1. The standard InChI is InChI=1S/C12H24N2O3/c13-12(4-2-1-3-5-12)10-11(16)14-6-8-17-9-7-15/h15H,1-10,13H2,(H,14,16). The van der Waals surface area contributed by atoms with Gasteiger partial charge in [-0.15, -0.1) is 0 Å². The van der Waals surface area contributed by atoms with Gasteiger partial charge in [-0.3, -0.25) is 4.79 Å². The number of nitrogens with two attached hydrogens (primary N) is 1. The summed E-state index contributed by atoms with van der Waals surface area (Å²) in [6.45, 7) is 1.25. The van der Waals surface area contributed by atoms with Crippen molar-refractivity contribution in [2.45, 2.75) is 44.1 Å². The maximum absolute atomic E-state index is 11.7. The lowest BCUT2D eigenvalue weighted by molar-refractivity contribution is -0.122. The topological polar surface area (TPSA) is 84.6 Å². The van der Waals surface area contributed by atoms with E-state index in [1.165, 1.54) is 6.42 Å². The third-order valence-corrected chi connectivity index (χ3v) is 3.17. The van der Waals surface area contributed by atoms with Gasteiger partial charge in [-0.25, -0.2) is 0 Å². The van der Waals surface area contributed by atoms with Gasteiger partial charge in [0.05, 0.1) is 19.8 Å². The van der Waals surface area contributed by atoms with Crippen LogP contribution in [0.2, 0.25) is 0 Å². The molecule has 0 aromatic carbocycles. The highest BCUT2D eigenvalue weighted by Crippen LogP contribution is 2.28. The molecule has 4 N–H and O–H groups in total. The summed E-state index contributed by atoms with van der Waals surface area (Å²) in [5.74, 6) is 0.00185. The lowest BCUT2D eigenvalue weighted by Crippen LogP contribution is -2.46. The first kappa shape index (κ1) is 14.4. The van der Waals surface area contributed by atoms with Crippen molar-refractivity contribution in [1.29, 1.82) is 0 Å². The summed E-state index contributed by atoms with van der Waals surface area (Å²) in [5.41, 5.74) is 5.89. The second kappa shape index (κ2) is 7.63. The number of nitrogens with one attached hydrogen (secondary N) is 1. The van der Waals surface area contributed by atoms with Crippen molar-refractivity contribution in [1.82, 2.24) is 5.32 Å². The Labute approximate surface area is 103 Å². The highest BCUT2D eigenvalue weighted by atomic mass is 16.5. The van der Waals surface area contributed by atoms with E-state index in [0.717, 1.165) is 25.7 Å². The van der Waals surface area contributed by atoms with E-state index in [1.807, 2.05) is 0 Å². The van der Waals surface area contributed by atoms with Crippen molar-refractivity contribution in [2.24, 2.45) is 5.73 Å². The fourth-order valence-corrected chi connectivity index (χ4v) is 2.24. The summed E-state index contributed by atoms with van der Waals surface area (Å²) in [7, 11) is 0.